The molecular weight excluding hydrogens is 357 g/mol. The van der Waals surface area contributed by atoms with E-state index in [1.807, 2.05) is 42.6 Å². The Morgan fingerprint density at radius 3 is 2.50 bits per heavy atom. The smallest absolute Gasteiger partial charge is 0.227 e. The topological polar surface area (TPSA) is 54.3 Å². The Morgan fingerprint density at radius 2 is 1.68 bits per heavy atom. The van der Waals surface area contributed by atoms with Crippen LogP contribution < -0.4 is 10.2 Å². The number of halogens is 1. The fourth-order valence-electron chi connectivity index (χ4n) is 3.43. The molecule has 1 aromatic heterocycles. The summed E-state index contributed by atoms with van der Waals surface area (Å²) < 4.78 is 15.7. The van der Waals surface area contributed by atoms with E-state index in [-0.39, 0.29) is 37.0 Å². The van der Waals surface area contributed by atoms with Crippen LogP contribution in [0, 0.1) is 5.82 Å². The largest absolute Gasteiger partial charge is 0.352 e. The molecule has 1 aliphatic rings. The Labute approximate surface area is 162 Å². The van der Waals surface area contributed by atoms with Crippen molar-refractivity contribution in [2.45, 2.75) is 25.9 Å². The van der Waals surface area contributed by atoms with Crippen molar-refractivity contribution in [3.8, 4) is 5.69 Å². The van der Waals surface area contributed by atoms with E-state index in [0.29, 0.717) is 12.1 Å². The number of rotatable bonds is 5. The summed E-state index contributed by atoms with van der Waals surface area (Å²) in [6.45, 7) is 0.583. The zero-order chi connectivity index (χ0) is 19.5. The highest BCUT2D eigenvalue weighted by atomic mass is 19.1. The van der Waals surface area contributed by atoms with Crippen molar-refractivity contribution < 1.29 is 14.0 Å². The maximum absolute atomic E-state index is 13.6. The van der Waals surface area contributed by atoms with Crippen LogP contribution in [-0.4, -0.2) is 16.4 Å². The molecule has 0 radical (unpaired) electrons. The van der Waals surface area contributed by atoms with Gasteiger partial charge >= 0.3 is 0 Å². The monoisotopic (exact) mass is 377 g/mol. The first-order valence-electron chi connectivity index (χ1n) is 9.19. The number of carbonyl (C=O) groups is 2. The first-order valence-corrected chi connectivity index (χ1v) is 9.19. The van der Waals surface area contributed by atoms with Crippen LogP contribution >= 0.6 is 0 Å². The molecule has 3 aromatic rings. The first-order chi connectivity index (χ1) is 13.6. The van der Waals surface area contributed by atoms with Gasteiger partial charge in [-0.3, -0.25) is 9.59 Å². The lowest BCUT2D eigenvalue weighted by Gasteiger charge is -2.31. The van der Waals surface area contributed by atoms with Gasteiger partial charge in [-0.05, 0) is 30.3 Å². The third-order valence-corrected chi connectivity index (χ3v) is 4.89. The van der Waals surface area contributed by atoms with Crippen LogP contribution in [0.3, 0.4) is 0 Å². The number of amides is 2. The quantitative estimate of drug-likeness (QED) is 0.739. The van der Waals surface area contributed by atoms with Gasteiger partial charge in [-0.2, -0.15) is 0 Å². The number of hydrogen-bond acceptors (Lipinski definition) is 2. The number of aromatic nitrogens is 1. The van der Waals surface area contributed by atoms with E-state index >= 15 is 0 Å². The Morgan fingerprint density at radius 1 is 0.929 bits per heavy atom. The maximum atomic E-state index is 13.6. The number of nitrogens with one attached hydrogen (secondary N) is 1. The molecule has 2 aromatic carbocycles. The normalized spacial score (nSPS) is 12.2. The lowest BCUT2D eigenvalue weighted by molar-refractivity contribution is -0.125. The van der Waals surface area contributed by atoms with E-state index in [2.05, 4.69) is 9.88 Å². The molecule has 0 fully saturated rings. The fraction of sp³-hybridized carbons (Fsp3) is 0.182. The number of fused-ring (bicyclic) bond motifs is 3. The minimum absolute atomic E-state index is 0.0625. The van der Waals surface area contributed by atoms with Gasteiger partial charge < -0.3 is 14.8 Å². The maximum Gasteiger partial charge on any atom is 0.227 e. The Balaban J connectivity index is 1.38. The lowest BCUT2D eigenvalue weighted by atomic mass is 10.1. The number of para-hydroxylation sites is 2. The molecule has 6 heteroatoms. The molecule has 28 heavy (non-hydrogen) atoms. The highest BCUT2D eigenvalue weighted by Gasteiger charge is 2.25. The molecule has 0 bridgehead atoms. The Hall–Kier alpha value is -3.41. The van der Waals surface area contributed by atoms with E-state index < -0.39 is 0 Å². The van der Waals surface area contributed by atoms with Crippen molar-refractivity contribution in [3.63, 3.8) is 0 Å². The molecular formula is C22H20FN3O2. The van der Waals surface area contributed by atoms with Crippen molar-refractivity contribution in [2.75, 3.05) is 4.90 Å². The number of carbonyl (C=O) groups excluding carboxylic acids is 2. The zero-order valence-corrected chi connectivity index (χ0v) is 15.3. The van der Waals surface area contributed by atoms with Gasteiger partial charge in [0.25, 0.3) is 0 Å². The summed E-state index contributed by atoms with van der Waals surface area (Å²) in [4.78, 5) is 26.6. The van der Waals surface area contributed by atoms with Crippen molar-refractivity contribution >= 4 is 17.5 Å². The van der Waals surface area contributed by atoms with E-state index in [1.165, 1.54) is 6.07 Å². The molecule has 0 unspecified atom stereocenters. The van der Waals surface area contributed by atoms with Crippen LogP contribution in [0.5, 0.6) is 0 Å². The van der Waals surface area contributed by atoms with Gasteiger partial charge in [0.15, 0.2) is 0 Å². The van der Waals surface area contributed by atoms with E-state index in [0.717, 1.165) is 17.1 Å². The second kappa shape index (κ2) is 7.68. The molecule has 0 atom stereocenters. The Bertz CT molecular complexity index is 1030. The van der Waals surface area contributed by atoms with Crippen molar-refractivity contribution in [1.82, 2.24) is 9.88 Å². The van der Waals surface area contributed by atoms with Crippen molar-refractivity contribution in [3.05, 3.63) is 83.9 Å². The van der Waals surface area contributed by atoms with Crippen LogP contribution in [0.2, 0.25) is 0 Å². The summed E-state index contributed by atoms with van der Waals surface area (Å²) in [6, 6.07) is 18.0. The van der Waals surface area contributed by atoms with Crippen LogP contribution in [-0.2, 0) is 22.7 Å². The molecule has 0 saturated carbocycles. The molecule has 5 nitrogen and oxygen atoms in total. The molecule has 0 spiro atoms. The number of anilines is 1. The average molecular weight is 377 g/mol. The number of hydrogen-bond donors (Lipinski definition) is 1. The highest BCUT2D eigenvalue weighted by molar-refractivity contribution is 5.97. The van der Waals surface area contributed by atoms with Gasteiger partial charge in [0.1, 0.15) is 5.82 Å². The Kier molecular flexibility index (Phi) is 4.93. The van der Waals surface area contributed by atoms with E-state index in [4.69, 9.17) is 0 Å². The minimum Gasteiger partial charge on any atom is -0.352 e. The van der Waals surface area contributed by atoms with Gasteiger partial charge in [0.2, 0.25) is 11.8 Å². The molecule has 1 aliphatic heterocycles. The molecule has 1 N–H and O–H groups in total. The summed E-state index contributed by atoms with van der Waals surface area (Å²) in [7, 11) is 0. The van der Waals surface area contributed by atoms with Crippen molar-refractivity contribution in [1.29, 1.82) is 0 Å². The van der Waals surface area contributed by atoms with Gasteiger partial charge in [-0.1, -0.05) is 30.3 Å². The highest BCUT2D eigenvalue weighted by Crippen LogP contribution is 2.32. The standard InChI is InChI=1S/C22H20FN3O2/c23-18-8-2-1-6-16(18)14-24-21(27)11-12-22(28)26-15-17-7-5-13-25(17)19-9-3-4-10-20(19)26/h1-10,13H,11-12,14-15H2,(H,24,27). The third kappa shape index (κ3) is 3.53. The first kappa shape index (κ1) is 18.0. The summed E-state index contributed by atoms with van der Waals surface area (Å²) >= 11 is 0. The number of nitrogens with zero attached hydrogens (tertiary/aromatic N) is 2. The number of benzene rings is 2. The van der Waals surface area contributed by atoms with Crippen LogP contribution in [0.1, 0.15) is 24.1 Å². The average Bonchev–Trinajstić information content (AvgIpc) is 3.20. The predicted molar refractivity (Wildman–Crippen MR) is 104 cm³/mol. The molecule has 0 saturated heterocycles. The molecule has 4 rings (SSSR count). The van der Waals surface area contributed by atoms with Crippen LogP contribution in [0.15, 0.2) is 66.9 Å². The third-order valence-electron chi connectivity index (χ3n) is 4.89. The fourth-order valence-corrected chi connectivity index (χ4v) is 3.43. The molecule has 142 valence electrons. The summed E-state index contributed by atoms with van der Waals surface area (Å²) in [6.07, 6.45) is 2.14. The van der Waals surface area contributed by atoms with Gasteiger partial charge in [0.05, 0.1) is 17.9 Å². The molecule has 0 aliphatic carbocycles. The van der Waals surface area contributed by atoms with Crippen LogP contribution in [0.25, 0.3) is 5.69 Å². The predicted octanol–water partition coefficient (Wildman–Crippen LogP) is 3.56. The second-order valence-electron chi connectivity index (χ2n) is 6.71. The van der Waals surface area contributed by atoms with Crippen molar-refractivity contribution in [2.24, 2.45) is 0 Å². The lowest BCUT2D eigenvalue weighted by Crippen LogP contribution is -2.35. The van der Waals surface area contributed by atoms with E-state index in [9.17, 15) is 14.0 Å². The second-order valence-corrected chi connectivity index (χ2v) is 6.71. The molecule has 2 amide bonds. The molecule has 2 heterocycles. The van der Waals surface area contributed by atoms with Gasteiger partial charge in [0, 0.05) is 36.8 Å². The summed E-state index contributed by atoms with van der Waals surface area (Å²) in [5, 5.41) is 2.67. The van der Waals surface area contributed by atoms with Gasteiger partial charge in [-0.25, -0.2) is 4.39 Å². The zero-order valence-electron chi connectivity index (χ0n) is 15.3. The van der Waals surface area contributed by atoms with Gasteiger partial charge in [-0.15, -0.1) is 0 Å². The van der Waals surface area contributed by atoms with E-state index in [1.54, 1.807) is 23.1 Å². The SMILES string of the molecule is O=C(CCC(=O)N1Cc2cccn2-c2ccccc21)NCc1ccccc1F. The van der Waals surface area contributed by atoms with Crippen LogP contribution in [0.4, 0.5) is 10.1 Å². The summed E-state index contributed by atoms with van der Waals surface area (Å²) in [5.74, 6) is -0.738. The summed E-state index contributed by atoms with van der Waals surface area (Å²) in [5.41, 5.74) is 3.23. The minimum atomic E-state index is -0.355.